The minimum atomic E-state index is 0.693. The van der Waals surface area contributed by atoms with Crippen LogP contribution in [0, 0.1) is 0 Å². The SMILES string of the molecule is Clc1ccc(/C=C/C(/C=C/c2ccc(Cl)cc2)=NNC2=NCCCN2)cc1. The van der Waals surface area contributed by atoms with Crippen LogP contribution in [0.4, 0.5) is 0 Å². The molecule has 27 heavy (non-hydrogen) atoms. The highest BCUT2D eigenvalue weighted by atomic mass is 35.5. The van der Waals surface area contributed by atoms with Gasteiger partial charge in [0, 0.05) is 23.1 Å². The van der Waals surface area contributed by atoms with Gasteiger partial charge in [-0.2, -0.15) is 5.10 Å². The number of halogens is 2. The van der Waals surface area contributed by atoms with Crippen LogP contribution in [0.1, 0.15) is 17.5 Å². The number of rotatable bonds is 5. The molecule has 2 N–H and O–H groups in total. The fourth-order valence-electron chi connectivity index (χ4n) is 2.37. The van der Waals surface area contributed by atoms with Crippen LogP contribution in [-0.2, 0) is 0 Å². The van der Waals surface area contributed by atoms with E-state index in [1.807, 2.05) is 72.8 Å². The Morgan fingerprint density at radius 1 is 0.926 bits per heavy atom. The number of nitrogens with zero attached hydrogens (tertiary/aromatic N) is 2. The van der Waals surface area contributed by atoms with Crippen molar-refractivity contribution in [1.82, 2.24) is 10.7 Å². The van der Waals surface area contributed by atoms with Crippen LogP contribution >= 0.6 is 23.2 Å². The molecule has 0 saturated heterocycles. The fraction of sp³-hybridized carbons (Fsp3) is 0.143. The lowest BCUT2D eigenvalue weighted by Crippen LogP contribution is -2.38. The lowest BCUT2D eigenvalue weighted by Gasteiger charge is -2.13. The van der Waals surface area contributed by atoms with Crippen molar-refractivity contribution in [3.8, 4) is 0 Å². The summed E-state index contributed by atoms with van der Waals surface area (Å²) in [4.78, 5) is 4.37. The lowest BCUT2D eigenvalue weighted by molar-refractivity contribution is 0.711. The van der Waals surface area contributed by atoms with Crippen LogP contribution < -0.4 is 10.7 Å². The van der Waals surface area contributed by atoms with E-state index < -0.39 is 0 Å². The maximum atomic E-state index is 5.94. The Hall–Kier alpha value is -2.56. The summed E-state index contributed by atoms with van der Waals surface area (Å²) >= 11 is 11.9. The van der Waals surface area contributed by atoms with Crippen molar-refractivity contribution in [3.05, 3.63) is 81.9 Å². The highest BCUT2D eigenvalue weighted by Crippen LogP contribution is 2.12. The maximum Gasteiger partial charge on any atom is 0.212 e. The summed E-state index contributed by atoms with van der Waals surface area (Å²) in [6.45, 7) is 1.71. The number of aliphatic imine (C=N–C) groups is 1. The third-order valence-corrected chi connectivity index (χ3v) is 4.33. The highest BCUT2D eigenvalue weighted by Gasteiger charge is 2.01. The van der Waals surface area contributed by atoms with Crippen LogP contribution in [0.25, 0.3) is 12.2 Å². The van der Waals surface area contributed by atoms with Gasteiger partial charge in [-0.25, -0.2) is 5.43 Å². The van der Waals surface area contributed by atoms with Gasteiger partial charge in [0.25, 0.3) is 0 Å². The second kappa shape index (κ2) is 9.95. The number of hydrogen-bond acceptors (Lipinski definition) is 4. The molecule has 0 aliphatic carbocycles. The van der Waals surface area contributed by atoms with E-state index in [2.05, 4.69) is 20.8 Å². The molecule has 0 radical (unpaired) electrons. The van der Waals surface area contributed by atoms with E-state index in [9.17, 15) is 0 Å². The number of hydrogen-bond donors (Lipinski definition) is 2. The molecule has 2 aromatic carbocycles. The molecule has 2 aromatic rings. The average Bonchev–Trinajstić information content (AvgIpc) is 2.70. The fourth-order valence-corrected chi connectivity index (χ4v) is 2.62. The summed E-state index contributed by atoms with van der Waals surface area (Å²) in [5.41, 5.74) is 5.84. The van der Waals surface area contributed by atoms with E-state index in [1.165, 1.54) is 0 Å². The second-order valence-electron chi connectivity index (χ2n) is 5.93. The van der Waals surface area contributed by atoms with Crippen LogP contribution in [0.3, 0.4) is 0 Å². The summed E-state index contributed by atoms with van der Waals surface area (Å²) in [5, 5.41) is 9.08. The van der Waals surface area contributed by atoms with Crippen LogP contribution in [0.5, 0.6) is 0 Å². The Balaban J connectivity index is 1.77. The summed E-state index contributed by atoms with van der Waals surface area (Å²) < 4.78 is 0. The van der Waals surface area contributed by atoms with Crippen molar-refractivity contribution in [2.45, 2.75) is 6.42 Å². The molecule has 0 bridgehead atoms. The molecule has 1 aliphatic rings. The van der Waals surface area contributed by atoms with Gasteiger partial charge in [-0.3, -0.25) is 4.99 Å². The first kappa shape index (κ1) is 19.2. The lowest BCUT2D eigenvalue weighted by atomic mass is 10.1. The van der Waals surface area contributed by atoms with Crippen LogP contribution in [-0.4, -0.2) is 24.8 Å². The van der Waals surface area contributed by atoms with E-state index in [0.29, 0.717) is 16.0 Å². The molecule has 0 atom stereocenters. The Labute approximate surface area is 169 Å². The second-order valence-corrected chi connectivity index (χ2v) is 6.80. The molecular weight excluding hydrogens is 379 g/mol. The third-order valence-electron chi connectivity index (χ3n) is 3.82. The zero-order chi connectivity index (χ0) is 18.9. The van der Waals surface area contributed by atoms with Gasteiger partial charge in [-0.15, -0.1) is 0 Å². The smallest absolute Gasteiger partial charge is 0.212 e. The van der Waals surface area contributed by atoms with Crippen molar-refractivity contribution in [2.24, 2.45) is 10.1 Å². The molecule has 1 aliphatic heterocycles. The summed E-state index contributed by atoms with van der Waals surface area (Å²) in [5.74, 6) is 0.693. The summed E-state index contributed by atoms with van der Waals surface area (Å²) in [6, 6.07) is 15.3. The largest absolute Gasteiger partial charge is 0.355 e. The van der Waals surface area contributed by atoms with Gasteiger partial charge >= 0.3 is 0 Å². The van der Waals surface area contributed by atoms with E-state index in [1.54, 1.807) is 0 Å². The monoisotopic (exact) mass is 398 g/mol. The zero-order valence-corrected chi connectivity index (χ0v) is 16.2. The van der Waals surface area contributed by atoms with Crippen molar-refractivity contribution < 1.29 is 0 Å². The molecule has 0 aromatic heterocycles. The minimum Gasteiger partial charge on any atom is -0.355 e. The average molecular weight is 399 g/mol. The highest BCUT2D eigenvalue weighted by molar-refractivity contribution is 6.30. The Morgan fingerprint density at radius 2 is 1.48 bits per heavy atom. The van der Waals surface area contributed by atoms with Gasteiger partial charge in [-0.1, -0.05) is 59.6 Å². The van der Waals surface area contributed by atoms with E-state index >= 15 is 0 Å². The topological polar surface area (TPSA) is 48.8 Å². The molecule has 0 fully saturated rings. The maximum absolute atomic E-state index is 5.94. The van der Waals surface area contributed by atoms with Gasteiger partial charge < -0.3 is 5.32 Å². The molecule has 0 spiro atoms. The minimum absolute atomic E-state index is 0.693. The quantitative estimate of drug-likeness (QED) is 0.548. The molecule has 138 valence electrons. The van der Waals surface area contributed by atoms with Gasteiger partial charge in [0.15, 0.2) is 0 Å². The Kier molecular flexibility index (Phi) is 7.08. The predicted molar refractivity (Wildman–Crippen MR) is 116 cm³/mol. The summed E-state index contributed by atoms with van der Waals surface area (Å²) in [7, 11) is 0. The first-order chi connectivity index (χ1) is 13.2. The van der Waals surface area contributed by atoms with E-state index in [0.717, 1.165) is 36.3 Å². The van der Waals surface area contributed by atoms with Crippen LogP contribution in [0.2, 0.25) is 10.0 Å². The number of guanidine groups is 1. The molecule has 0 saturated carbocycles. The summed E-state index contributed by atoms with van der Waals surface area (Å²) in [6.07, 6.45) is 8.88. The Bertz CT molecular complexity index is 809. The predicted octanol–water partition coefficient (Wildman–Crippen LogP) is 5.01. The molecule has 0 unspecified atom stereocenters. The molecule has 0 amide bonds. The van der Waals surface area contributed by atoms with Crippen LogP contribution in [0.15, 0.2) is 70.8 Å². The van der Waals surface area contributed by atoms with Gasteiger partial charge in [0.2, 0.25) is 5.96 Å². The number of allylic oxidation sites excluding steroid dienone is 2. The van der Waals surface area contributed by atoms with Gasteiger partial charge in [0.05, 0.1) is 5.71 Å². The molecular formula is C21H20Cl2N4. The first-order valence-electron chi connectivity index (χ1n) is 8.68. The molecule has 6 heteroatoms. The van der Waals surface area contributed by atoms with Crippen molar-refractivity contribution in [2.75, 3.05) is 13.1 Å². The van der Waals surface area contributed by atoms with Crippen molar-refractivity contribution >= 4 is 47.0 Å². The first-order valence-corrected chi connectivity index (χ1v) is 9.44. The Morgan fingerprint density at radius 3 is 1.96 bits per heavy atom. The standard InChI is InChI=1S/C21H20Cl2N4/c22-18-8-2-16(3-9-18)6-12-20(26-27-21-24-14-1-15-25-21)13-7-17-4-10-19(23)11-5-17/h2-13H,1,14-15H2,(H2,24,25,27)/b12-6+,13-7+. The van der Waals surface area contributed by atoms with E-state index in [4.69, 9.17) is 23.2 Å². The van der Waals surface area contributed by atoms with Crippen molar-refractivity contribution in [1.29, 1.82) is 0 Å². The molecule has 3 rings (SSSR count). The number of nitrogens with one attached hydrogen (secondary N) is 2. The third kappa shape index (κ3) is 6.59. The van der Waals surface area contributed by atoms with E-state index in [-0.39, 0.29) is 0 Å². The van der Waals surface area contributed by atoms with Gasteiger partial charge in [-0.05, 0) is 54.0 Å². The number of benzene rings is 2. The van der Waals surface area contributed by atoms with Gasteiger partial charge in [0.1, 0.15) is 0 Å². The molecule has 1 heterocycles. The normalized spacial score (nSPS) is 14.1. The zero-order valence-electron chi connectivity index (χ0n) is 14.7. The van der Waals surface area contributed by atoms with Crippen molar-refractivity contribution in [3.63, 3.8) is 0 Å². The molecule has 4 nitrogen and oxygen atoms in total. The number of hydrazone groups is 1.